The van der Waals surface area contributed by atoms with Gasteiger partial charge in [0.1, 0.15) is 11.3 Å². The van der Waals surface area contributed by atoms with Crippen molar-refractivity contribution in [1.82, 2.24) is 4.90 Å². The third-order valence-corrected chi connectivity index (χ3v) is 6.49. The summed E-state index contributed by atoms with van der Waals surface area (Å²) in [4.78, 5) is 29.9. The molecule has 0 N–H and O–H groups in total. The highest BCUT2D eigenvalue weighted by Crippen LogP contribution is 2.40. The molecule has 0 unspecified atom stereocenters. The predicted octanol–water partition coefficient (Wildman–Crippen LogP) is 5.47. The maximum absolute atomic E-state index is 13.7. The fraction of sp³-hybridized carbons (Fsp3) is 0.200. The number of carbonyl (C=O) groups is 1. The van der Waals surface area contributed by atoms with Gasteiger partial charge < -0.3 is 13.7 Å². The van der Waals surface area contributed by atoms with Gasteiger partial charge in [-0.1, -0.05) is 18.2 Å². The Morgan fingerprint density at radius 2 is 1.84 bits per heavy atom. The number of rotatable bonds is 4. The summed E-state index contributed by atoms with van der Waals surface area (Å²) in [6.07, 6.45) is 3.59. The summed E-state index contributed by atoms with van der Waals surface area (Å²) < 4.78 is 11.6. The number of furan rings is 1. The molecular weight excluding hydrogens is 410 g/mol. The second-order valence-corrected chi connectivity index (χ2v) is 8.70. The zero-order chi connectivity index (χ0) is 21.7. The highest BCUT2D eigenvalue weighted by molar-refractivity contribution is 7.98. The maximum atomic E-state index is 13.7. The Hall–Kier alpha value is -3.25. The monoisotopic (exact) mass is 431 g/mol. The second-order valence-electron chi connectivity index (χ2n) is 7.82. The molecule has 0 spiro atoms. The lowest BCUT2D eigenvalue weighted by Gasteiger charge is -2.24. The van der Waals surface area contributed by atoms with Crippen LogP contribution < -0.4 is 5.43 Å². The first-order valence-electron chi connectivity index (χ1n) is 10.0. The molecule has 5 nitrogen and oxygen atoms in total. The highest BCUT2D eigenvalue weighted by atomic mass is 32.2. The summed E-state index contributed by atoms with van der Waals surface area (Å²) in [5.74, 6) is 0.465. The number of amides is 1. The molecule has 4 aromatic rings. The van der Waals surface area contributed by atoms with Crippen LogP contribution in [0.25, 0.3) is 11.0 Å². The van der Waals surface area contributed by atoms with Gasteiger partial charge in [0, 0.05) is 4.90 Å². The van der Waals surface area contributed by atoms with Crippen LogP contribution in [0.5, 0.6) is 0 Å². The van der Waals surface area contributed by atoms with Crippen molar-refractivity contribution in [3.8, 4) is 0 Å². The van der Waals surface area contributed by atoms with Crippen LogP contribution >= 0.6 is 11.8 Å². The van der Waals surface area contributed by atoms with Crippen LogP contribution in [0, 0.1) is 13.8 Å². The molecule has 2 aromatic carbocycles. The van der Waals surface area contributed by atoms with Gasteiger partial charge in [-0.3, -0.25) is 9.59 Å². The fourth-order valence-corrected chi connectivity index (χ4v) is 4.79. The molecule has 0 aliphatic carbocycles. The van der Waals surface area contributed by atoms with Gasteiger partial charge in [-0.15, -0.1) is 11.8 Å². The number of fused-ring (bicyclic) bond motifs is 2. The lowest BCUT2D eigenvalue weighted by Crippen LogP contribution is -2.29. The van der Waals surface area contributed by atoms with E-state index in [1.54, 1.807) is 29.0 Å². The van der Waals surface area contributed by atoms with Crippen LogP contribution in [-0.2, 0) is 6.54 Å². The smallest absolute Gasteiger partial charge is 0.291 e. The molecular formula is C25H21NO4S. The minimum absolute atomic E-state index is 0.119. The van der Waals surface area contributed by atoms with Crippen molar-refractivity contribution in [3.63, 3.8) is 0 Å². The summed E-state index contributed by atoms with van der Waals surface area (Å²) in [6, 6.07) is 14.8. The van der Waals surface area contributed by atoms with Crippen molar-refractivity contribution in [1.29, 1.82) is 0 Å². The Balaban J connectivity index is 1.75. The zero-order valence-electron chi connectivity index (χ0n) is 17.5. The molecule has 31 heavy (non-hydrogen) atoms. The second kappa shape index (κ2) is 7.46. The Morgan fingerprint density at radius 1 is 1.06 bits per heavy atom. The van der Waals surface area contributed by atoms with Crippen LogP contribution in [0.2, 0.25) is 0 Å². The SMILES string of the molecule is CSc1ccc([C@H]2c3c(oc4cc(C)cc(C)c4c3=O)C(=O)N2Cc2ccco2)cc1. The first-order valence-corrected chi connectivity index (χ1v) is 11.3. The average Bonchev–Trinajstić information content (AvgIpc) is 3.35. The average molecular weight is 432 g/mol. The van der Waals surface area contributed by atoms with E-state index in [0.29, 0.717) is 22.3 Å². The molecule has 0 saturated carbocycles. The standard InChI is InChI=1S/C25H21NO4S/c1-14-11-15(2)20-19(12-14)30-24-21(23(20)27)22(16-6-8-18(31-3)9-7-16)26(25(24)28)13-17-5-4-10-29-17/h4-12,22H,13H2,1-3H3/t22-/m0/s1. The molecule has 2 aromatic heterocycles. The minimum atomic E-state index is -0.537. The Bertz CT molecular complexity index is 1350. The molecule has 1 aliphatic heterocycles. The first kappa shape index (κ1) is 19.7. The number of hydrogen-bond acceptors (Lipinski definition) is 5. The lowest BCUT2D eigenvalue weighted by molar-refractivity contribution is 0.0701. The van der Waals surface area contributed by atoms with E-state index in [4.69, 9.17) is 8.83 Å². The Labute approximate surface area is 183 Å². The summed E-state index contributed by atoms with van der Waals surface area (Å²) >= 11 is 1.64. The number of carbonyl (C=O) groups excluding carboxylic acids is 1. The fourth-order valence-electron chi connectivity index (χ4n) is 4.38. The maximum Gasteiger partial charge on any atom is 0.291 e. The van der Waals surface area contributed by atoms with Gasteiger partial charge in [0.05, 0.1) is 29.8 Å². The third-order valence-electron chi connectivity index (χ3n) is 5.75. The highest BCUT2D eigenvalue weighted by Gasteiger charge is 2.43. The van der Waals surface area contributed by atoms with Gasteiger partial charge in [0.15, 0.2) is 5.43 Å². The first-order chi connectivity index (χ1) is 15.0. The third kappa shape index (κ3) is 3.18. The van der Waals surface area contributed by atoms with Crippen LogP contribution in [0.15, 0.2) is 73.3 Å². The normalized spacial score (nSPS) is 15.6. The molecule has 1 aliphatic rings. The van der Waals surface area contributed by atoms with E-state index in [-0.39, 0.29) is 23.6 Å². The Morgan fingerprint density at radius 3 is 2.52 bits per heavy atom. The van der Waals surface area contributed by atoms with Crippen molar-refractivity contribution in [2.24, 2.45) is 0 Å². The Kier molecular flexibility index (Phi) is 4.74. The van der Waals surface area contributed by atoms with Gasteiger partial charge in [-0.05, 0) is 67.1 Å². The molecule has 5 rings (SSSR count). The zero-order valence-corrected chi connectivity index (χ0v) is 18.3. The number of hydrogen-bond donors (Lipinski definition) is 0. The molecule has 0 fully saturated rings. The van der Waals surface area contributed by atoms with Crippen LogP contribution in [0.4, 0.5) is 0 Å². The van der Waals surface area contributed by atoms with E-state index >= 15 is 0 Å². The number of benzene rings is 2. The number of thioether (sulfide) groups is 1. The summed E-state index contributed by atoms with van der Waals surface area (Å²) in [7, 11) is 0. The molecule has 0 bridgehead atoms. The molecule has 0 saturated heterocycles. The molecule has 0 radical (unpaired) electrons. The van der Waals surface area contributed by atoms with Crippen molar-refractivity contribution in [2.45, 2.75) is 31.3 Å². The van der Waals surface area contributed by atoms with E-state index in [1.807, 2.05) is 62.6 Å². The van der Waals surface area contributed by atoms with Crippen LogP contribution in [0.1, 0.15) is 44.6 Å². The molecule has 156 valence electrons. The summed E-state index contributed by atoms with van der Waals surface area (Å²) in [5.41, 5.74) is 3.39. The largest absolute Gasteiger partial charge is 0.467 e. The topological polar surface area (TPSA) is 63.7 Å². The molecule has 6 heteroatoms. The van der Waals surface area contributed by atoms with Gasteiger partial charge in [-0.25, -0.2) is 0 Å². The lowest BCUT2D eigenvalue weighted by atomic mass is 9.97. The number of nitrogens with zero attached hydrogens (tertiary/aromatic N) is 1. The van der Waals surface area contributed by atoms with Gasteiger partial charge in [-0.2, -0.15) is 0 Å². The van der Waals surface area contributed by atoms with Gasteiger partial charge in [0.2, 0.25) is 5.76 Å². The van der Waals surface area contributed by atoms with E-state index in [9.17, 15) is 9.59 Å². The van der Waals surface area contributed by atoms with Crippen molar-refractivity contribution in [3.05, 3.63) is 98.8 Å². The quantitative estimate of drug-likeness (QED) is 0.401. The molecule has 1 atom stereocenters. The van der Waals surface area contributed by atoms with E-state index in [2.05, 4.69) is 0 Å². The van der Waals surface area contributed by atoms with Gasteiger partial charge in [0.25, 0.3) is 5.91 Å². The minimum Gasteiger partial charge on any atom is -0.467 e. The van der Waals surface area contributed by atoms with Gasteiger partial charge >= 0.3 is 0 Å². The van der Waals surface area contributed by atoms with Crippen molar-refractivity contribution in [2.75, 3.05) is 6.26 Å². The van der Waals surface area contributed by atoms with Crippen LogP contribution in [-0.4, -0.2) is 17.1 Å². The van der Waals surface area contributed by atoms with E-state index in [1.165, 1.54) is 0 Å². The summed E-state index contributed by atoms with van der Waals surface area (Å²) in [5, 5.41) is 0.530. The molecule has 3 heterocycles. The van der Waals surface area contributed by atoms with Crippen LogP contribution in [0.3, 0.4) is 0 Å². The van der Waals surface area contributed by atoms with E-state index < -0.39 is 6.04 Å². The van der Waals surface area contributed by atoms with Crippen molar-refractivity contribution < 1.29 is 13.6 Å². The predicted molar refractivity (Wildman–Crippen MR) is 121 cm³/mol. The molecule has 1 amide bonds. The van der Waals surface area contributed by atoms with Crippen molar-refractivity contribution >= 4 is 28.6 Å². The summed E-state index contributed by atoms with van der Waals surface area (Å²) in [6.45, 7) is 4.10. The number of aryl methyl sites for hydroxylation is 2. The van der Waals surface area contributed by atoms with E-state index in [0.717, 1.165) is 21.6 Å².